The second-order valence-electron chi connectivity index (χ2n) is 2.92. The molecule has 0 aliphatic carbocycles. The highest BCUT2D eigenvalue weighted by molar-refractivity contribution is 14.1. The maximum Gasteiger partial charge on any atom is 0.256 e. The van der Waals surface area contributed by atoms with Gasteiger partial charge in [0.1, 0.15) is 17.2 Å². The van der Waals surface area contributed by atoms with E-state index in [1.807, 2.05) is 28.4 Å². The summed E-state index contributed by atoms with van der Waals surface area (Å²) in [7, 11) is 0. The Labute approximate surface area is 108 Å². The Kier molecular flexibility index (Phi) is 2.83. The fraction of sp³-hybridized carbons (Fsp3) is 0. The highest BCUT2D eigenvalue weighted by atomic mass is 127. The highest BCUT2D eigenvalue weighted by Crippen LogP contribution is 2.26. The molecule has 1 aromatic heterocycles. The summed E-state index contributed by atoms with van der Waals surface area (Å²) in [6.07, 6.45) is 0. The van der Waals surface area contributed by atoms with Crippen LogP contribution in [0.5, 0.6) is 0 Å². The van der Waals surface area contributed by atoms with Crippen LogP contribution in [0.1, 0.15) is 16.1 Å². The summed E-state index contributed by atoms with van der Waals surface area (Å²) in [6.45, 7) is 0. The van der Waals surface area contributed by atoms with Crippen molar-refractivity contribution < 1.29 is 9.21 Å². The molecule has 0 bridgehead atoms. The molecule has 0 aliphatic rings. The molecule has 0 N–H and O–H groups in total. The lowest BCUT2D eigenvalue weighted by molar-refractivity contribution is 0.105. The summed E-state index contributed by atoms with van der Waals surface area (Å²) >= 11 is 4.16. The maximum absolute atomic E-state index is 11.2. The third kappa shape index (κ3) is 1.81. The average Bonchev–Trinajstić information content (AvgIpc) is 2.55. The molecule has 15 heavy (non-hydrogen) atoms. The zero-order valence-corrected chi connectivity index (χ0v) is 10.8. The normalized spacial score (nSPS) is 10.1. The second-order valence-corrected chi connectivity index (χ2v) is 4.69. The SMILES string of the molecule is N#Cc1c([C](=O)[Al])oc2cc(I)ccc12. The van der Waals surface area contributed by atoms with Crippen molar-refractivity contribution in [1.82, 2.24) is 0 Å². The first-order valence-corrected chi connectivity index (χ1v) is 5.71. The minimum absolute atomic E-state index is 0.111. The van der Waals surface area contributed by atoms with E-state index in [-0.39, 0.29) is 10.4 Å². The van der Waals surface area contributed by atoms with Crippen LogP contribution in [0.2, 0.25) is 0 Å². The largest absolute Gasteiger partial charge is 0.453 e. The summed E-state index contributed by atoms with van der Waals surface area (Å²) in [6, 6.07) is 7.45. The molecule has 0 aliphatic heterocycles. The van der Waals surface area contributed by atoms with Gasteiger partial charge in [-0.3, -0.25) is 0 Å². The molecular weight excluding hydrogens is 320 g/mol. The second kappa shape index (κ2) is 3.98. The number of hydrogen-bond acceptors (Lipinski definition) is 3. The van der Waals surface area contributed by atoms with Crippen LogP contribution in [0.4, 0.5) is 0 Å². The van der Waals surface area contributed by atoms with Gasteiger partial charge in [-0.15, -0.1) is 0 Å². The number of halogens is 1. The fourth-order valence-electron chi connectivity index (χ4n) is 1.35. The van der Waals surface area contributed by atoms with Gasteiger partial charge in [0.15, 0.2) is 5.76 Å². The Balaban J connectivity index is 2.86. The molecule has 0 amide bonds. The Morgan fingerprint density at radius 1 is 1.53 bits per heavy atom. The summed E-state index contributed by atoms with van der Waals surface area (Å²) < 4.78 is 6.03. The van der Waals surface area contributed by atoms with E-state index in [1.54, 1.807) is 12.1 Å². The maximum atomic E-state index is 11.2. The molecular formula is C10H3AlINO2. The van der Waals surface area contributed by atoms with Crippen LogP contribution in [-0.2, 0) is 0 Å². The van der Waals surface area contributed by atoms with Crippen LogP contribution >= 0.6 is 22.6 Å². The van der Waals surface area contributed by atoms with E-state index in [0.717, 1.165) is 3.57 Å². The number of carbonyl (C=O) groups excluding carboxylic acids is 1. The van der Waals surface area contributed by atoms with E-state index in [2.05, 4.69) is 22.6 Å². The van der Waals surface area contributed by atoms with E-state index in [1.165, 1.54) is 0 Å². The molecule has 1 heterocycles. The van der Waals surface area contributed by atoms with Gasteiger partial charge in [-0.25, -0.2) is 0 Å². The van der Waals surface area contributed by atoms with Gasteiger partial charge in [0.2, 0.25) is 0 Å². The van der Waals surface area contributed by atoms with Crippen molar-refractivity contribution in [2.24, 2.45) is 0 Å². The highest BCUT2D eigenvalue weighted by Gasteiger charge is 2.16. The molecule has 2 aromatic rings. The summed E-state index contributed by atoms with van der Waals surface area (Å²) in [4.78, 5) is 11.2. The molecule has 3 nitrogen and oxygen atoms in total. The number of furan rings is 1. The Morgan fingerprint density at radius 3 is 2.87 bits per heavy atom. The van der Waals surface area contributed by atoms with Crippen LogP contribution in [-0.4, -0.2) is 20.9 Å². The van der Waals surface area contributed by atoms with Gasteiger partial charge in [0, 0.05) is 8.96 Å². The lowest BCUT2D eigenvalue weighted by Gasteiger charge is -1.88. The Morgan fingerprint density at radius 2 is 2.27 bits per heavy atom. The van der Waals surface area contributed by atoms with Crippen molar-refractivity contribution >= 4 is 54.5 Å². The van der Waals surface area contributed by atoms with Crippen molar-refractivity contribution in [3.05, 3.63) is 33.1 Å². The number of carbonyl (C=O) groups is 1. The third-order valence-corrected chi connectivity index (χ3v) is 2.92. The first-order chi connectivity index (χ1) is 7.13. The van der Waals surface area contributed by atoms with Gasteiger partial charge < -0.3 is 9.21 Å². The molecule has 5 heteroatoms. The molecule has 0 saturated carbocycles. The monoisotopic (exact) mass is 323 g/mol. The van der Waals surface area contributed by atoms with Crippen LogP contribution in [0.15, 0.2) is 22.6 Å². The van der Waals surface area contributed by atoms with E-state index in [0.29, 0.717) is 16.5 Å². The van der Waals surface area contributed by atoms with Gasteiger partial charge in [-0.05, 0) is 40.8 Å². The van der Waals surface area contributed by atoms with Crippen LogP contribution in [0.3, 0.4) is 0 Å². The van der Waals surface area contributed by atoms with Crippen LogP contribution < -0.4 is 0 Å². The number of fused-ring (bicyclic) bond motifs is 1. The molecule has 70 valence electrons. The quantitative estimate of drug-likeness (QED) is 0.597. The zero-order valence-electron chi connectivity index (χ0n) is 7.45. The van der Waals surface area contributed by atoms with Crippen molar-refractivity contribution in [2.45, 2.75) is 0 Å². The standard InChI is InChI=1S/C10H3INO2.Al/c11-6-1-2-7-8(4-12)10(5-13)14-9(7)3-6;/h1-3H;. The van der Waals surface area contributed by atoms with E-state index in [4.69, 9.17) is 9.68 Å². The average molecular weight is 323 g/mol. The first-order valence-electron chi connectivity index (χ1n) is 4.05. The van der Waals surface area contributed by atoms with Gasteiger partial charge in [-0.2, -0.15) is 5.26 Å². The minimum atomic E-state index is -0.308. The van der Waals surface area contributed by atoms with Crippen LogP contribution in [0.25, 0.3) is 11.0 Å². The molecule has 0 unspecified atom stereocenters. The molecule has 1 aromatic carbocycles. The number of rotatable bonds is 1. The Bertz CT molecular complexity index is 597. The van der Waals surface area contributed by atoms with E-state index in [9.17, 15) is 4.79 Å². The molecule has 0 fully saturated rings. The number of benzene rings is 1. The summed E-state index contributed by atoms with van der Waals surface area (Å²) in [5.74, 6) is 0.111. The van der Waals surface area contributed by atoms with Crippen molar-refractivity contribution in [3.63, 3.8) is 0 Å². The Hall–Kier alpha value is -0.818. The minimum Gasteiger partial charge on any atom is -0.453 e. The predicted molar refractivity (Wildman–Crippen MR) is 63.7 cm³/mol. The number of nitriles is 1. The van der Waals surface area contributed by atoms with Gasteiger partial charge in [0.05, 0.1) is 4.65 Å². The smallest absolute Gasteiger partial charge is 0.256 e. The molecule has 0 saturated heterocycles. The number of hydrogen-bond donors (Lipinski definition) is 0. The lowest BCUT2D eigenvalue weighted by Crippen LogP contribution is -1.97. The van der Waals surface area contributed by atoms with Crippen LogP contribution in [0, 0.1) is 14.9 Å². The third-order valence-electron chi connectivity index (χ3n) is 1.99. The van der Waals surface area contributed by atoms with Crippen molar-refractivity contribution in [1.29, 1.82) is 5.26 Å². The van der Waals surface area contributed by atoms with Gasteiger partial charge in [0.25, 0.3) is 16.3 Å². The molecule has 0 atom stereocenters. The number of nitrogens with zero attached hydrogens (tertiary/aromatic N) is 1. The molecule has 2 rings (SSSR count). The molecule has 0 spiro atoms. The molecule has 2 radical (unpaired) electrons. The topological polar surface area (TPSA) is 54.0 Å². The van der Waals surface area contributed by atoms with Gasteiger partial charge >= 0.3 is 0 Å². The first kappa shape index (κ1) is 10.7. The van der Waals surface area contributed by atoms with Gasteiger partial charge in [-0.1, -0.05) is 0 Å². The predicted octanol–water partition coefficient (Wildman–Crippen LogP) is 2.22. The lowest BCUT2D eigenvalue weighted by atomic mass is 10.1. The van der Waals surface area contributed by atoms with E-state index >= 15 is 0 Å². The summed E-state index contributed by atoms with van der Waals surface area (Å²) in [5, 5.41) is 9.63. The van der Waals surface area contributed by atoms with Crippen molar-refractivity contribution in [2.75, 3.05) is 0 Å². The zero-order chi connectivity index (χ0) is 11.0. The van der Waals surface area contributed by atoms with Crippen molar-refractivity contribution in [3.8, 4) is 6.07 Å². The summed E-state index contributed by atoms with van der Waals surface area (Å²) in [5.41, 5.74) is 0.880. The van der Waals surface area contributed by atoms with E-state index < -0.39 is 0 Å². The fourth-order valence-corrected chi connectivity index (χ4v) is 2.02.